The van der Waals surface area contributed by atoms with Gasteiger partial charge in [0.1, 0.15) is 6.67 Å². The van der Waals surface area contributed by atoms with E-state index in [4.69, 9.17) is 0 Å². The van der Waals surface area contributed by atoms with E-state index in [1.807, 2.05) is 24.1 Å². The van der Waals surface area contributed by atoms with Crippen LogP contribution in [0.2, 0.25) is 0 Å². The monoisotopic (exact) mass is 120 g/mol. The zero-order valence-electron chi connectivity index (χ0n) is 5.33. The number of hydrogen-bond acceptors (Lipinski definition) is 2. The smallest absolute Gasteiger partial charge is 0.121 e. The summed E-state index contributed by atoms with van der Waals surface area (Å²) in [6.07, 6.45) is 5.55. The Bertz CT molecular complexity index is 193. The van der Waals surface area contributed by atoms with Gasteiger partial charge in [0.15, 0.2) is 0 Å². The van der Waals surface area contributed by atoms with Crippen LogP contribution in [0.3, 0.4) is 0 Å². The van der Waals surface area contributed by atoms with E-state index in [2.05, 4.69) is 17.0 Å². The molecule has 2 nitrogen and oxygen atoms in total. The molecule has 0 fully saturated rings. The van der Waals surface area contributed by atoms with Gasteiger partial charge >= 0.3 is 0 Å². The largest absolute Gasteiger partial charge is 0.288 e. The molecule has 9 heavy (non-hydrogen) atoms. The van der Waals surface area contributed by atoms with Gasteiger partial charge in [0.2, 0.25) is 0 Å². The molecule has 0 spiro atoms. The molecule has 1 rings (SSSR count). The second-order valence-electron chi connectivity index (χ2n) is 1.65. The number of aliphatic imine (C=N–C) groups is 1. The normalized spacial score (nSPS) is 15.0. The van der Waals surface area contributed by atoms with Crippen LogP contribution in [-0.4, -0.2) is 17.8 Å². The van der Waals surface area contributed by atoms with Gasteiger partial charge in [-0.05, 0) is 13.0 Å². The Morgan fingerprint density at radius 3 is 3.11 bits per heavy atom. The lowest BCUT2D eigenvalue weighted by Crippen LogP contribution is -2.12. The lowest BCUT2D eigenvalue weighted by Gasteiger charge is -2.09. The summed E-state index contributed by atoms with van der Waals surface area (Å²) in [6.45, 7) is 2.48. The Morgan fingerprint density at radius 2 is 2.56 bits per heavy atom. The molecule has 0 saturated carbocycles. The summed E-state index contributed by atoms with van der Waals surface area (Å²) in [5, 5.41) is 0. The van der Waals surface area contributed by atoms with Crippen molar-refractivity contribution in [2.75, 3.05) is 6.67 Å². The Hall–Kier alpha value is -1.23. The predicted octanol–water partition coefficient (Wildman–Crippen LogP) is 0.825. The average Bonchev–Trinajstić information content (AvgIpc) is 1.91. The molecule has 0 aromatic rings. The first-order valence-electron chi connectivity index (χ1n) is 2.79. The third-order valence-electron chi connectivity index (χ3n) is 0.947. The maximum Gasteiger partial charge on any atom is 0.121 e. The molecule has 0 atom stereocenters. The molecule has 1 heterocycles. The minimum absolute atomic E-state index is 0.664. The highest BCUT2D eigenvalue weighted by molar-refractivity contribution is 5.71. The lowest BCUT2D eigenvalue weighted by atomic mass is 10.5. The fourth-order valence-corrected chi connectivity index (χ4v) is 0.602. The second-order valence-corrected chi connectivity index (χ2v) is 1.65. The molecule has 0 N–H and O–H groups in total. The third kappa shape index (κ3) is 1.61. The molecule has 46 valence electrons. The average molecular weight is 120 g/mol. The van der Waals surface area contributed by atoms with Crippen LogP contribution in [0.15, 0.2) is 17.3 Å². The van der Waals surface area contributed by atoms with Crippen molar-refractivity contribution < 1.29 is 0 Å². The van der Waals surface area contributed by atoms with E-state index in [1.165, 1.54) is 0 Å². The fourth-order valence-electron chi connectivity index (χ4n) is 0.602. The van der Waals surface area contributed by atoms with Crippen LogP contribution in [0, 0.1) is 12.0 Å². The van der Waals surface area contributed by atoms with Crippen molar-refractivity contribution in [3.05, 3.63) is 12.3 Å². The van der Waals surface area contributed by atoms with Crippen LogP contribution >= 0.6 is 0 Å². The van der Waals surface area contributed by atoms with Crippen LogP contribution < -0.4 is 0 Å². The maximum absolute atomic E-state index is 3.99. The van der Waals surface area contributed by atoms with Gasteiger partial charge in [0.05, 0.1) is 0 Å². The Kier molecular flexibility index (Phi) is 1.92. The first-order chi connectivity index (χ1) is 4.43. The molecule has 0 bridgehead atoms. The van der Waals surface area contributed by atoms with E-state index < -0.39 is 0 Å². The Labute approximate surface area is 54.9 Å². The molecule has 0 radical (unpaired) electrons. The van der Waals surface area contributed by atoms with Crippen molar-refractivity contribution in [2.24, 2.45) is 4.99 Å². The summed E-state index contributed by atoms with van der Waals surface area (Å²) < 4.78 is 0. The van der Waals surface area contributed by atoms with Gasteiger partial charge < -0.3 is 0 Å². The van der Waals surface area contributed by atoms with E-state index >= 15 is 0 Å². The summed E-state index contributed by atoms with van der Waals surface area (Å²) in [6, 6.07) is 2.87. The topological polar surface area (TPSA) is 15.6 Å². The number of rotatable bonds is 0. The van der Waals surface area contributed by atoms with Gasteiger partial charge in [-0.3, -0.25) is 9.89 Å². The number of allylic oxidation sites excluding steroid dienone is 1. The highest BCUT2D eigenvalue weighted by atomic mass is 15.2. The highest BCUT2D eigenvalue weighted by Gasteiger charge is 1.91. The Balaban J connectivity index is 2.52. The molecule has 0 amide bonds. The van der Waals surface area contributed by atoms with E-state index in [0.29, 0.717) is 6.67 Å². The molecule has 1 aliphatic heterocycles. The van der Waals surface area contributed by atoms with Crippen molar-refractivity contribution in [3.63, 3.8) is 0 Å². The standard InChI is InChI=1S/C7H8N2/c1-2-5-9-6-3-4-8-7-9/h3-4,6H,7H2,1H3. The zero-order valence-corrected chi connectivity index (χ0v) is 5.33. The van der Waals surface area contributed by atoms with Crippen LogP contribution in [-0.2, 0) is 0 Å². The van der Waals surface area contributed by atoms with E-state index in [1.54, 1.807) is 6.21 Å². The third-order valence-corrected chi connectivity index (χ3v) is 0.947. The molecule has 0 unspecified atom stereocenters. The van der Waals surface area contributed by atoms with Gasteiger partial charge in [-0.25, -0.2) is 0 Å². The molecule has 0 aliphatic carbocycles. The molecular formula is C7H8N2. The fraction of sp³-hybridized carbons (Fsp3) is 0.286. The first-order valence-corrected chi connectivity index (χ1v) is 2.79. The van der Waals surface area contributed by atoms with Crippen LogP contribution in [0.25, 0.3) is 0 Å². The van der Waals surface area contributed by atoms with Crippen LogP contribution in [0.1, 0.15) is 6.92 Å². The van der Waals surface area contributed by atoms with E-state index in [0.717, 1.165) is 0 Å². The minimum atomic E-state index is 0.664. The van der Waals surface area contributed by atoms with Crippen molar-refractivity contribution in [2.45, 2.75) is 6.92 Å². The highest BCUT2D eigenvalue weighted by Crippen LogP contribution is 1.91. The molecule has 0 saturated heterocycles. The van der Waals surface area contributed by atoms with E-state index in [9.17, 15) is 0 Å². The van der Waals surface area contributed by atoms with Gasteiger partial charge in [0, 0.05) is 18.5 Å². The molecule has 2 heteroatoms. The summed E-state index contributed by atoms with van der Waals surface area (Å²) in [4.78, 5) is 5.82. The molecule has 0 aromatic carbocycles. The SMILES string of the molecule is CC#CN1C=CC=NC1. The number of hydrogen-bond donors (Lipinski definition) is 0. The van der Waals surface area contributed by atoms with Crippen molar-refractivity contribution in [1.82, 2.24) is 4.90 Å². The van der Waals surface area contributed by atoms with Crippen molar-refractivity contribution >= 4 is 6.21 Å². The number of nitrogens with zero attached hydrogens (tertiary/aromatic N) is 2. The summed E-state index contributed by atoms with van der Waals surface area (Å²) in [5.41, 5.74) is 0. The summed E-state index contributed by atoms with van der Waals surface area (Å²) in [5.74, 6) is 2.79. The van der Waals surface area contributed by atoms with Crippen molar-refractivity contribution in [1.29, 1.82) is 0 Å². The van der Waals surface area contributed by atoms with E-state index in [-0.39, 0.29) is 0 Å². The zero-order chi connectivity index (χ0) is 6.53. The first kappa shape index (κ1) is 5.90. The predicted molar refractivity (Wildman–Crippen MR) is 37.8 cm³/mol. The lowest BCUT2D eigenvalue weighted by molar-refractivity contribution is 0.549. The summed E-state index contributed by atoms with van der Waals surface area (Å²) >= 11 is 0. The van der Waals surface area contributed by atoms with Crippen LogP contribution in [0.4, 0.5) is 0 Å². The molecule has 1 aliphatic rings. The summed E-state index contributed by atoms with van der Waals surface area (Å²) in [7, 11) is 0. The van der Waals surface area contributed by atoms with Gasteiger partial charge in [-0.15, -0.1) is 0 Å². The maximum atomic E-state index is 3.99. The van der Waals surface area contributed by atoms with Crippen LogP contribution in [0.5, 0.6) is 0 Å². The Morgan fingerprint density at radius 1 is 1.67 bits per heavy atom. The quantitative estimate of drug-likeness (QED) is 0.432. The second kappa shape index (κ2) is 2.93. The molecular weight excluding hydrogens is 112 g/mol. The van der Waals surface area contributed by atoms with Gasteiger partial charge in [0.25, 0.3) is 0 Å². The van der Waals surface area contributed by atoms with Gasteiger partial charge in [-0.2, -0.15) is 0 Å². The van der Waals surface area contributed by atoms with Crippen molar-refractivity contribution in [3.8, 4) is 12.0 Å². The minimum Gasteiger partial charge on any atom is -0.288 e. The van der Waals surface area contributed by atoms with Gasteiger partial charge in [-0.1, -0.05) is 5.92 Å². The molecule has 0 aromatic heterocycles.